The molecule has 1 aromatic carbocycles. The van der Waals surface area contributed by atoms with Crippen molar-refractivity contribution in [3.63, 3.8) is 0 Å². The number of hydrogen-bond acceptors (Lipinski definition) is 3. The van der Waals surface area contributed by atoms with Gasteiger partial charge in [0.15, 0.2) is 0 Å². The van der Waals surface area contributed by atoms with Crippen LogP contribution in [0, 0.1) is 17.6 Å². The molecule has 0 bridgehead atoms. The van der Waals surface area contributed by atoms with Crippen LogP contribution in [0.3, 0.4) is 0 Å². The van der Waals surface area contributed by atoms with Crippen LogP contribution in [0.25, 0.3) is 0 Å². The van der Waals surface area contributed by atoms with Crippen LogP contribution in [0.4, 0.5) is 8.78 Å². The second-order valence-corrected chi connectivity index (χ2v) is 6.44. The van der Waals surface area contributed by atoms with Crippen molar-refractivity contribution in [2.75, 3.05) is 26.2 Å². The van der Waals surface area contributed by atoms with Crippen molar-refractivity contribution in [2.45, 2.75) is 38.2 Å². The lowest BCUT2D eigenvalue weighted by molar-refractivity contribution is 0.0829. The van der Waals surface area contributed by atoms with Gasteiger partial charge in [0.1, 0.15) is 17.4 Å². The molecule has 2 aliphatic rings. The lowest BCUT2D eigenvalue weighted by Gasteiger charge is -2.29. The Morgan fingerprint density at radius 3 is 2.32 bits per heavy atom. The summed E-state index contributed by atoms with van der Waals surface area (Å²) in [6, 6.07) is 2.58. The molecule has 1 saturated heterocycles. The fourth-order valence-electron chi connectivity index (χ4n) is 2.81. The molecule has 5 heteroatoms. The van der Waals surface area contributed by atoms with Crippen LogP contribution < -0.4 is 4.74 Å². The third-order valence-corrected chi connectivity index (χ3v) is 4.53. The Morgan fingerprint density at radius 1 is 1.09 bits per heavy atom. The average Bonchev–Trinajstić information content (AvgIpc) is 3.30. The largest absolute Gasteiger partial charge is 0.493 e. The van der Waals surface area contributed by atoms with Crippen LogP contribution in [-0.4, -0.2) is 42.4 Å². The lowest BCUT2D eigenvalue weighted by Crippen LogP contribution is -2.37. The molecule has 122 valence electrons. The quantitative estimate of drug-likeness (QED) is 0.877. The molecule has 0 spiro atoms. The molecule has 0 amide bonds. The van der Waals surface area contributed by atoms with Gasteiger partial charge in [-0.3, -0.25) is 0 Å². The maximum absolute atomic E-state index is 14.1. The van der Waals surface area contributed by atoms with Gasteiger partial charge in [-0.2, -0.15) is 0 Å². The van der Waals surface area contributed by atoms with Crippen molar-refractivity contribution in [3.05, 3.63) is 29.3 Å². The third kappa shape index (κ3) is 4.17. The summed E-state index contributed by atoms with van der Waals surface area (Å²) >= 11 is 0. The smallest absolute Gasteiger partial charge is 0.133 e. The molecule has 1 aliphatic heterocycles. The number of aliphatic hydroxyl groups excluding tert-OH is 1. The van der Waals surface area contributed by atoms with Crippen LogP contribution in [0.1, 0.15) is 31.2 Å². The number of likely N-dealkylation sites (tertiary alicyclic amines) is 1. The Bertz CT molecular complexity index is 488. The molecular weight excluding hydrogens is 288 g/mol. The van der Waals surface area contributed by atoms with Gasteiger partial charge in [0.05, 0.1) is 12.7 Å². The topological polar surface area (TPSA) is 32.7 Å². The molecule has 1 saturated carbocycles. The molecule has 0 atom stereocenters. The summed E-state index contributed by atoms with van der Waals surface area (Å²) in [7, 11) is 0. The van der Waals surface area contributed by atoms with Gasteiger partial charge in [-0.25, -0.2) is 8.78 Å². The number of piperidine rings is 1. The second kappa shape index (κ2) is 6.92. The van der Waals surface area contributed by atoms with Gasteiger partial charge in [-0.15, -0.1) is 0 Å². The van der Waals surface area contributed by atoms with Crippen LogP contribution in [0.15, 0.2) is 12.1 Å². The highest BCUT2D eigenvalue weighted by Gasteiger charge is 2.23. The second-order valence-electron chi connectivity index (χ2n) is 6.44. The maximum atomic E-state index is 14.1. The van der Waals surface area contributed by atoms with Crippen molar-refractivity contribution in [2.24, 2.45) is 5.92 Å². The van der Waals surface area contributed by atoms with Crippen LogP contribution in [0.5, 0.6) is 5.75 Å². The van der Waals surface area contributed by atoms with E-state index in [1.165, 1.54) is 12.1 Å². The minimum atomic E-state index is -0.525. The van der Waals surface area contributed by atoms with Gasteiger partial charge in [-0.05, 0) is 38.0 Å². The summed E-state index contributed by atoms with van der Waals surface area (Å²) in [5.74, 6) is -0.210. The number of nitrogens with zero attached hydrogens (tertiary/aromatic N) is 1. The Balaban J connectivity index is 1.55. The van der Waals surface area contributed by atoms with Crippen molar-refractivity contribution >= 4 is 0 Å². The number of aliphatic hydroxyl groups is 1. The molecule has 0 aromatic heterocycles. The van der Waals surface area contributed by atoms with Gasteiger partial charge in [-0.1, -0.05) is 0 Å². The van der Waals surface area contributed by atoms with Gasteiger partial charge in [0.25, 0.3) is 0 Å². The van der Waals surface area contributed by atoms with E-state index in [0.29, 0.717) is 25.5 Å². The Labute approximate surface area is 129 Å². The summed E-state index contributed by atoms with van der Waals surface area (Å²) in [5.41, 5.74) is 0.130. The highest BCUT2D eigenvalue weighted by molar-refractivity contribution is 5.31. The fraction of sp³-hybridized carbons (Fsp3) is 0.647. The number of rotatable bonds is 6. The van der Waals surface area contributed by atoms with Crippen LogP contribution >= 0.6 is 0 Å². The lowest BCUT2D eigenvalue weighted by atomic mass is 10.1. The first kappa shape index (κ1) is 15.7. The predicted molar refractivity (Wildman–Crippen MR) is 80.0 cm³/mol. The molecule has 3 rings (SSSR count). The normalized spacial score (nSPS) is 20.3. The number of ether oxygens (including phenoxy) is 1. The number of benzene rings is 1. The first-order valence-electron chi connectivity index (χ1n) is 8.13. The van der Waals surface area contributed by atoms with Gasteiger partial charge in [0.2, 0.25) is 0 Å². The monoisotopic (exact) mass is 311 g/mol. The Kier molecular flexibility index (Phi) is 4.93. The van der Waals surface area contributed by atoms with Gasteiger partial charge in [0, 0.05) is 37.3 Å². The van der Waals surface area contributed by atoms with E-state index in [9.17, 15) is 13.9 Å². The zero-order chi connectivity index (χ0) is 15.5. The molecule has 0 radical (unpaired) electrons. The highest BCUT2D eigenvalue weighted by atomic mass is 19.1. The zero-order valence-corrected chi connectivity index (χ0v) is 12.7. The molecule has 1 heterocycles. The van der Waals surface area contributed by atoms with Gasteiger partial charge < -0.3 is 14.7 Å². The zero-order valence-electron chi connectivity index (χ0n) is 12.7. The van der Waals surface area contributed by atoms with Gasteiger partial charge >= 0.3 is 0 Å². The van der Waals surface area contributed by atoms with E-state index >= 15 is 0 Å². The van der Waals surface area contributed by atoms with E-state index in [1.54, 1.807) is 0 Å². The molecule has 2 fully saturated rings. The molecule has 0 unspecified atom stereocenters. The van der Waals surface area contributed by atoms with Crippen molar-refractivity contribution in [1.82, 2.24) is 4.90 Å². The van der Waals surface area contributed by atoms with E-state index in [1.807, 2.05) is 0 Å². The van der Waals surface area contributed by atoms with E-state index in [0.717, 1.165) is 38.8 Å². The standard InChI is InChI=1S/C17H23F2NO2/c18-16-9-14(22-11-12-1-2-12)10-17(19)15(16)5-8-20-6-3-13(21)4-7-20/h9-10,12-13,21H,1-8,11H2. The molecule has 1 aromatic rings. The molecular formula is C17H23F2NO2. The van der Waals surface area contributed by atoms with E-state index in [2.05, 4.69) is 4.90 Å². The number of halogens is 2. The molecule has 3 nitrogen and oxygen atoms in total. The fourth-order valence-corrected chi connectivity index (χ4v) is 2.81. The van der Waals surface area contributed by atoms with Crippen molar-refractivity contribution in [3.8, 4) is 5.75 Å². The summed E-state index contributed by atoms with van der Waals surface area (Å²) in [5, 5.41) is 9.46. The van der Waals surface area contributed by atoms with E-state index in [-0.39, 0.29) is 17.4 Å². The van der Waals surface area contributed by atoms with E-state index in [4.69, 9.17) is 4.74 Å². The summed E-state index contributed by atoms with van der Waals surface area (Å²) in [6.07, 6.45) is 3.88. The SMILES string of the molecule is OC1CCN(CCc2c(F)cc(OCC3CC3)cc2F)CC1. The maximum Gasteiger partial charge on any atom is 0.133 e. The first-order valence-corrected chi connectivity index (χ1v) is 8.13. The minimum absolute atomic E-state index is 0.130. The molecule has 1 aliphatic carbocycles. The predicted octanol–water partition coefficient (Wildman–Crippen LogP) is 2.75. The first-order chi connectivity index (χ1) is 10.6. The van der Waals surface area contributed by atoms with Crippen LogP contribution in [-0.2, 0) is 6.42 Å². The number of hydrogen-bond donors (Lipinski definition) is 1. The van der Waals surface area contributed by atoms with Crippen LogP contribution in [0.2, 0.25) is 0 Å². The molecule has 22 heavy (non-hydrogen) atoms. The minimum Gasteiger partial charge on any atom is -0.493 e. The third-order valence-electron chi connectivity index (χ3n) is 4.53. The Hall–Kier alpha value is -1.20. The van der Waals surface area contributed by atoms with Crippen molar-refractivity contribution < 1.29 is 18.6 Å². The van der Waals surface area contributed by atoms with Crippen molar-refractivity contribution in [1.29, 1.82) is 0 Å². The Morgan fingerprint density at radius 2 is 1.73 bits per heavy atom. The molecule has 1 N–H and O–H groups in total. The average molecular weight is 311 g/mol. The van der Waals surface area contributed by atoms with E-state index < -0.39 is 11.6 Å². The summed E-state index contributed by atoms with van der Waals surface area (Å²) < 4.78 is 33.6. The summed E-state index contributed by atoms with van der Waals surface area (Å²) in [4.78, 5) is 2.14. The highest BCUT2D eigenvalue weighted by Crippen LogP contribution is 2.30. The summed E-state index contributed by atoms with van der Waals surface area (Å²) in [6.45, 7) is 2.73.